The van der Waals surface area contributed by atoms with Crippen molar-refractivity contribution in [3.8, 4) is 11.4 Å². The molecule has 0 amide bonds. The first kappa shape index (κ1) is 16.4. The highest BCUT2D eigenvalue weighted by Gasteiger charge is 2.22. The van der Waals surface area contributed by atoms with Crippen LogP contribution >= 0.6 is 0 Å². The van der Waals surface area contributed by atoms with Crippen molar-refractivity contribution < 1.29 is 0 Å². The van der Waals surface area contributed by atoms with Gasteiger partial charge in [0.2, 0.25) is 5.95 Å². The molecule has 3 aromatic rings. The fourth-order valence-electron chi connectivity index (χ4n) is 3.12. The van der Waals surface area contributed by atoms with Crippen LogP contribution in [0.3, 0.4) is 0 Å². The highest BCUT2D eigenvalue weighted by Crippen LogP contribution is 2.22. The molecule has 7 heteroatoms. The van der Waals surface area contributed by atoms with Crippen molar-refractivity contribution in [2.45, 2.75) is 13.8 Å². The second-order valence-electron chi connectivity index (χ2n) is 6.34. The van der Waals surface area contributed by atoms with Gasteiger partial charge in [-0.3, -0.25) is 4.98 Å². The van der Waals surface area contributed by atoms with E-state index in [1.165, 1.54) is 0 Å². The molecule has 0 N–H and O–H groups in total. The molecule has 0 radical (unpaired) electrons. The van der Waals surface area contributed by atoms with Gasteiger partial charge in [-0.05, 0) is 32.0 Å². The molecule has 0 spiro atoms. The van der Waals surface area contributed by atoms with E-state index in [2.05, 4.69) is 36.7 Å². The zero-order valence-corrected chi connectivity index (χ0v) is 15.0. The van der Waals surface area contributed by atoms with Crippen molar-refractivity contribution in [1.82, 2.24) is 24.9 Å². The minimum atomic E-state index is 0.753. The zero-order valence-electron chi connectivity index (χ0n) is 15.0. The Morgan fingerprint density at radius 3 is 2.35 bits per heavy atom. The molecule has 0 bridgehead atoms. The van der Waals surface area contributed by atoms with E-state index in [-0.39, 0.29) is 0 Å². The van der Waals surface area contributed by atoms with E-state index in [1.54, 1.807) is 18.7 Å². The minimum Gasteiger partial charge on any atom is -0.353 e. The van der Waals surface area contributed by atoms with Gasteiger partial charge in [-0.2, -0.15) is 0 Å². The van der Waals surface area contributed by atoms with Gasteiger partial charge in [0.15, 0.2) is 0 Å². The van der Waals surface area contributed by atoms with Crippen molar-refractivity contribution in [2.75, 3.05) is 36.0 Å². The summed E-state index contributed by atoms with van der Waals surface area (Å²) in [4.78, 5) is 26.8. The first-order chi connectivity index (χ1) is 12.7. The molecule has 1 fully saturated rings. The first-order valence-corrected chi connectivity index (χ1v) is 8.75. The van der Waals surface area contributed by atoms with E-state index in [0.717, 1.165) is 60.6 Å². The molecule has 7 nitrogen and oxygen atoms in total. The predicted octanol–water partition coefficient (Wildman–Crippen LogP) is 2.27. The van der Waals surface area contributed by atoms with Gasteiger partial charge in [-0.25, -0.2) is 19.9 Å². The third-order valence-corrected chi connectivity index (χ3v) is 4.74. The molecule has 0 unspecified atom stereocenters. The Kier molecular flexibility index (Phi) is 4.43. The van der Waals surface area contributed by atoms with E-state index in [1.807, 2.05) is 31.2 Å². The van der Waals surface area contributed by atoms with Gasteiger partial charge in [-0.15, -0.1) is 0 Å². The molecular formula is C19H21N7. The lowest BCUT2D eigenvalue weighted by atomic mass is 10.2. The molecule has 1 saturated heterocycles. The van der Waals surface area contributed by atoms with E-state index in [4.69, 9.17) is 4.98 Å². The van der Waals surface area contributed by atoms with Crippen LogP contribution in [0.1, 0.15) is 11.3 Å². The molecular weight excluding hydrogens is 326 g/mol. The third kappa shape index (κ3) is 3.20. The van der Waals surface area contributed by atoms with Crippen molar-refractivity contribution >= 4 is 11.8 Å². The number of aromatic nitrogens is 5. The Morgan fingerprint density at radius 2 is 1.58 bits per heavy atom. The maximum absolute atomic E-state index is 4.70. The summed E-state index contributed by atoms with van der Waals surface area (Å²) < 4.78 is 0. The lowest BCUT2D eigenvalue weighted by Gasteiger charge is -2.36. The summed E-state index contributed by atoms with van der Waals surface area (Å²) in [5, 5.41) is 0. The fraction of sp³-hybridized carbons (Fsp3) is 0.316. The van der Waals surface area contributed by atoms with Gasteiger partial charge >= 0.3 is 0 Å². The number of hydrogen-bond acceptors (Lipinski definition) is 7. The number of anilines is 2. The maximum atomic E-state index is 4.70. The van der Waals surface area contributed by atoms with E-state index in [0.29, 0.717) is 0 Å². The lowest BCUT2D eigenvalue weighted by Crippen LogP contribution is -2.47. The van der Waals surface area contributed by atoms with Crippen molar-refractivity contribution in [3.05, 3.63) is 54.2 Å². The molecule has 26 heavy (non-hydrogen) atoms. The summed E-state index contributed by atoms with van der Waals surface area (Å²) >= 11 is 0. The molecule has 0 aliphatic carbocycles. The smallest absolute Gasteiger partial charge is 0.226 e. The van der Waals surface area contributed by atoms with Crippen LogP contribution in [0.15, 0.2) is 43.0 Å². The molecule has 4 rings (SSSR count). The average Bonchev–Trinajstić information content (AvgIpc) is 2.71. The summed E-state index contributed by atoms with van der Waals surface area (Å²) in [6.07, 6.45) is 5.22. The fourth-order valence-corrected chi connectivity index (χ4v) is 3.12. The van der Waals surface area contributed by atoms with Crippen molar-refractivity contribution in [2.24, 2.45) is 0 Å². The van der Waals surface area contributed by atoms with Gasteiger partial charge in [0, 0.05) is 49.8 Å². The SMILES string of the molecule is Cc1ncnc(N2CCN(c3nccc(-c4ccccn4)n3)CC2)c1C. The number of nitrogens with zero attached hydrogens (tertiary/aromatic N) is 7. The molecule has 0 aromatic carbocycles. The summed E-state index contributed by atoms with van der Waals surface area (Å²) in [6.45, 7) is 7.58. The number of rotatable bonds is 3. The zero-order chi connectivity index (χ0) is 17.9. The second kappa shape index (κ2) is 7.03. The number of aryl methyl sites for hydroxylation is 1. The topological polar surface area (TPSA) is 70.9 Å². The second-order valence-corrected chi connectivity index (χ2v) is 6.34. The Morgan fingerprint density at radius 1 is 0.769 bits per heavy atom. The molecule has 4 heterocycles. The van der Waals surface area contributed by atoms with E-state index < -0.39 is 0 Å². The molecule has 1 aliphatic heterocycles. The maximum Gasteiger partial charge on any atom is 0.226 e. The Labute approximate surface area is 152 Å². The number of piperazine rings is 1. The number of hydrogen-bond donors (Lipinski definition) is 0. The quantitative estimate of drug-likeness (QED) is 0.720. The van der Waals surface area contributed by atoms with Crippen LogP contribution in [-0.4, -0.2) is 51.1 Å². The molecule has 1 aliphatic rings. The number of pyridine rings is 1. The summed E-state index contributed by atoms with van der Waals surface area (Å²) in [6, 6.07) is 7.73. The predicted molar refractivity (Wildman–Crippen MR) is 101 cm³/mol. The van der Waals surface area contributed by atoms with Crippen LogP contribution in [0.5, 0.6) is 0 Å². The Bertz CT molecular complexity index is 889. The van der Waals surface area contributed by atoms with Crippen LogP contribution in [0.4, 0.5) is 11.8 Å². The Hall–Kier alpha value is -3.09. The van der Waals surface area contributed by atoms with E-state index >= 15 is 0 Å². The molecule has 3 aromatic heterocycles. The van der Waals surface area contributed by atoms with Crippen molar-refractivity contribution in [3.63, 3.8) is 0 Å². The molecule has 0 saturated carbocycles. The van der Waals surface area contributed by atoms with Crippen LogP contribution in [0.2, 0.25) is 0 Å². The highest BCUT2D eigenvalue weighted by atomic mass is 15.3. The standard InChI is InChI=1S/C19H21N7/c1-14-15(2)22-13-23-18(14)25-9-11-26(12-10-25)19-21-8-6-17(24-19)16-5-3-4-7-20-16/h3-8,13H,9-12H2,1-2H3. The summed E-state index contributed by atoms with van der Waals surface area (Å²) in [7, 11) is 0. The summed E-state index contributed by atoms with van der Waals surface area (Å²) in [5.41, 5.74) is 3.89. The third-order valence-electron chi connectivity index (χ3n) is 4.74. The Balaban J connectivity index is 1.49. The normalized spacial score (nSPS) is 14.5. The van der Waals surface area contributed by atoms with Gasteiger partial charge in [0.05, 0.1) is 11.4 Å². The monoisotopic (exact) mass is 347 g/mol. The minimum absolute atomic E-state index is 0.753. The lowest BCUT2D eigenvalue weighted by molar-refractivity contribution is 0.632. The molecule has 0 atom stereocenters. The van der Waals surface area contributed by atoms with Gasteiger partial charge in [-0.1, -0.05) is 6.07 Å². The van der Waals surface area contributed by atoms with Crippen LogP contribution < -0.4 is 9.80 Å². The van der Waals surface area contributed by atoms with Crippen LogP contribution in [0, 0.1) is 13.8 Å². The summed E-state index contributed by atoms with van der Waals surface area (Å²) in [5.74, 6) is 1.78. The van der Waals surface area contributed by atoms with Crippen LogP contribution in [0.25, 0.3) is 11.4 Å². The molecule has 132 valence electrons. The van der Waals surface area contributed by atoms with Crippen LogP contribution in [-0.2, 0) is 0 Å². The van der Waals surface area contributed by atoms with E-state index in [9.17, 15) is 0 Å². The average molecular weight is 347 g/mol. The van der Waals surface area contributed by atoms with Gasteiger partial charge < -0.3 is 9.80 Å². The van der Waals surface area contributed by atoms with Gasteiger partial charge in [0.1, 0.15) is 12.1 Å². The van der Waals surface area contributed by atoms with Crippen molar-refractivity contribution in [1.29, 1.82) is 0 Å². The first-order valence-electron chi connectivity index (χ1n) is 8.75. The van der Waals surface area contributed by atoms with Gasteiger partial charge in [0.25, 0.3) is 0 Å². The highest BCUT2D eigenvalue weighted by molar-refractivity contribution is 5.55. The largest absolute Gasteiger partial charge is 0.353 e.